The zero-order valence-electron chi connectivity index (χ0n) is 23.5. The van der Waals surface area contributed by atoms with Gasteiger partial charge in [-0.15, -0.1) is 0 Å². The number of halogens is 1. The van der Waals surface area contributed by atoms with Crippen LogP contribution in [0.2, 0.25) is 0 Å². The molecule has 39 heavy (non-hydrogen) atoms. The van der Waals surface area contributed by atoms with E-state index in [0.717, 1.165) is 0 Å². The molecule has 1 aliphatic carbocycles. The molecule has 0 fully saturated rings. The van der Waals surface area contributed by atoms with Crippen molar-refractivity contribution in [3.8, 4) is 11.5 Å². The summed E-state index contributed by atoms with van der Waals surface area (Å²) in [6, 6.07) is 2.67. The molecule has 220 valence electrons. The SMILES string of the molecule is COc1cc(CO)cc(I)c1O[C@H]1C=C(C(=O)NCCO)C[C@@H](N(CCCOC(C)C)C(=O)CC(C)C)[C@@H]1O. The summed E-state index contributed by atoms with van der Waals surface area (Å²) < 4.78 is 18.1. The van der Waals surface area contributed by atoms with Gasteiger partial charge in [0.15, 0.2) is 11.5 Å². The molecule has 3 atom stereocenters. The molecule has 4 N–H and O–H groups in total. The van der Waals surface area contributed by atoms with E-state index in [1.54, 1.807) is 23.1 Å². The van der Waals surface area contributed by atoms with Gasteiger partial charge >= 0.3 is 0 Å². The highest BCUT2D eigenvalue weighted by molar-refractivity contribution is 14.1. The number of carbonyl (C=O) groups excluding carboxylic acids is 2. The Morgan fingerprint density at radius 1 is 1.21 bits per heavy atom. The van der Waals surface area contributed by atoms with Gasteiger partial charge in [-0.25, -0.2) is 0 Å². The average Bonchev–Trinajstić information content (AvgIpc) is 2.88. The van der Waals surface area contributed by atoms with Gasteiger partial charge in [-0.2, -0.15) is 0 Å². The first-order valence-corrected chi connectivity index (χ1v) is 14.4. The van der Waals surface area contributed by atoms with Crippen LogP contribution in [-0.2, 0) is 20.9 Å². The van der Waals surface area contributed by atoms with Crippen molar-refractivity contribution in [1.82, 2.24) is 10.2 Å². The lowest BCUT2D eigenvalue weighted by atomic mass is 9.87. The van der Waals surface area contributed by atoms with Gasteiger partial charge in [-0.05, 0) is 72.5 Å². The van der Waals surface area contributed by atoms with Crippen LogP contribution in [0.1, 0.15) is 52.5 Å². The number of amides is 2. The quantitative estimate of drug-likeness (QED) is 0.166. The first-order chi connectivity index (χ1) is 18.5. The van der Waals surface area contributed by atoms with Crippen molar-refractivity contribution in [2.75, 3.05) is 33.4 Å². The fourth-order valence-electron chi connectivity index (χ4n) is 4.39. The Labute approximate surface area is 244 Å². The molecule has 0 heterocycles. The van der Waals surface area contributed by atoms with E-state index in [2.05, 4.69) is 27.9 Å². The van der Waals surface area contributed by atoms with E-state index in [9.17, 15) is 24.9 Å². The van der Waals surface area contributed by atoms with Gasteiger partial charge < -0.3 is 39.7 Å². The molecule has 0 unspecified atom stereocenters. The molecule has 1 aromatic carbocycles. The summed E-state index contributed by atoms with van der Waals surface area (Å²) in [6.07, 6.45) is 0.510. The predicted octanol–water partition coefficient (Wildman–Crippen LogP) is 2.40. The average molecular weight is 663 g/mol. The summed E-state index contributed by atoms with van der Waals surface area (Å²) in [6.45, 7) is 8.29. The molecule has 2 amide bonds. The minimum Gasteiger partial charge on any atom is -0.493 e. The highest BCUT2D eigenvalue weighted by Crippen LogP contribution is 2.37. The number of rotatable bonds is 15. The summed E-state index contributed by atoms with van der Waals surface area (Å²) in [5.74, 6) is 0.328. The fraction of sp³-hybridized carbons (Fsp3) is 0.643. The zero-order chi connectivity index (χ0) is 29.1. The number of nitrogens with one attached hydrogen (secondary N) is 1. The van der Waals surface area contributed by atoms with Gasteiger partial charge in [0.05, 0.1) is 36.0 Å². The van der Waals surface area contributed by atoms with Crippen LogP contribution in [0.25, 0.3) is 0 Å². The second-order valence-electron chi connectivity index (χ2n) is 10.2. The maximum atomic E-state index is 13.4. The largest absolute Gasteiger partial charge is 0.493 e. The molecular weight excluding hydrogens is 619 g/mol. The Kier molecular flexibility index (Phi) is 14.0. The number of aliphatic hydroxyl groups is 3. The molecule has 1 aliphatic rings. The van der Waals surface area contributed by atoms with Gasteiger partial charge in [-0.3, -0.25) is 9.59 Å². The van der Waals surface area contributed by atoms with Crippen molar-refractivity contribution in [2.45, 2.75) is 77.9 Å². The standard InChI is InChI=1S/C28H43IN2O8/c1-17(2)11-25(34)31(8-6-10-38-18(3)4)22-14-20(28(36)30-7-9-32)15-23(26(22)35)39-27-21(29)12-19(16-33)13-24(27)37-5/h12-13,15,17-18,22-23,26,32-33,35H,6-11,14,16H2,1-5H3,(H,30,36)/t22-,23+,26+/m1/s1. The zero-order valence-corrected chi connectivity index (χ0v) is 25.6. The number of hydrogen-bond acceptors (Lipinski definition) is 8. The lowest BCUT2D eigenvalue weighted by Crippen LogP contribution is -2.55. The van der Waals surface area contributed by atoms with E-state index >= 15 is 0 Å². The summed E-state index contributed by atoms with van der Waals surface area (Å²) in [7, 11) is 1.48. The van der Waals surface area contributed by atoms with Crippen LogP contribution >= 0.6 is 22.6 Å². The molecule has 0 radical (unpaired) electrons. The van der Waals surface area contributed by atoms with Crippen molar-refractivity contribution < 1.29 is 39.1 Å². The van der Waals surface area contributed by atoms with Gasteiger partial charge in [0.1, 0.15) is 12.2 Å². The smallest absolute Gasteiger partial charge is 0.247 e. The number of methoxy groups -OCH3 is 1. The van der Waals surface area contributed by atoms with Crippen LogP contribution < -0.4 is 14.8 Å². The summed E-state index contributed by atoms with van der Waals surface area (Å²) in [5, 5.41) is 33.0. The number of carbonyl (C=O) groups is 2. The molecule has 10 nitrogen and oxygen atoms in total. The van der Waals surface area contributed by atoms with Gasteiger partial charge in [-0.1, -0.05) is 13.8 Å². The number of benzene rings is 1. The van der Waals surface area contributed by atoms with Crippen molar-refractivity contribution >= 4 is 34.4 Å². The Morgan fingerprint density at radius 3 is 2.51 bits per heavy atom. The van der Waals surface area contributed by atoms with Crippen LogP contribution in [0.15, 0.2) is 23.8 Å². The van der Waals surface area contributed by atoms with Crippen LogP contribution in [0.3, 0.4) is 0 Å². The lowest BCUT2D eigenvalue weighted by molar-refractivity contribution is -0.139. The Balaban J connectivity index is 2.46. The number of aliphatic hydroxyl groups excluding tert-OH is 3. The van der Waals surface area contributed by atoms with E-state index in [1.807, 2.05) is 27.7 Å². The Bertz CT molecular complexity index is 985. The third kappa shape index (κ3) is 9.89. The number of hydrogen-bond donors (Lipinski definition) is 4. The van der Waals surface area contributed by atoms with Gasteiger partial charge in [0, 0.05) is 38.1 Å². The second kappa shape index (κ2) is 16.4. The molecule has 0 spiro atoms. The highest BCUT2D eigenvalue weighted by atomic mass is 127. The van der Waals surface area contributed by atoms with E-state index in [4.69, 9.17) is 14.2 Å². The first kappa shape index (κ1) is 33.3. The number of ether oxygens (including phenoxy) is 3. The Morgan fingerprint density at radius 2 is 1.92 bits per heavy atom. The third-order valence-corrected chi connectivity index (χ3v) is 7.04. The minimum absolute atomic E-state index is 0.0577. The van der Waals surface area contributed by atoms with Crippen LogP contribution in [0.5, 0.6) is 11.5 Å². The first-order valence-electron chi connectivity index (χ1n) is 13.3. The van der Waals surface area contributed by atoms with E-state index in [-0.39, 0.29) is 44.1 Å². The van der Waals surface area contributed by atoms with Crippen molar-refractivity contribution in [3.63, 3.8) is 0 Å². The van der Waals surface area contributed by atoms with Gasteiger partial charge in [0.25, 0.3) is 0 Å². The van der Waals surface area contributed by atoms with Crippen molar-refractivity contribution in [3.05, 3.63) is 32.9 Å². The normalized spacial score (nSPS) is 19.2. The van der Waals surface area contributed by atoms with E-state index < -0.39 is 24.2 Å². The summed E-state index contributed by atoms with van der Waals surface area (Å²) >= 11 is 2.06. The molecule has 2 rings (SSSR count). The van der Waals surface area contributed by atoms with Crippen molar-refractivity contribution in [1.29, 1.82) is 0 Å². The monoisotopic (exact) mass is 662 g/mol. The van der Waals surface area contributed by atoms with Crippen LogP contribution in [0, 0.1) is 9.49 Å². The summed E-state index contributed by atoms with van der Waals surface area (Å²) in [4.78, 5) is 28.0. The topological polar surface area (TPSA) is 138 Å². The van der Waals surface area contributed by atoms with E-state index in [1.165, 1.54) is 7.11 Å². The molecule has 0 saturated carbocycles. The number of nitrogens with zero attached hydrogens (tertiary/aromatic N) is 1. The van der Waals surface area contributed by atoms with Crippen LogP contribution in [-0.4, -0.2) is 89.8 Å². The second-order valence-corrected chi connectivity index (χ2v) is 11.4. The summed E-state index contributed by atoms with van der Waals surface area (Å²) in [5.41, 5.74) is 0.991. The molecule has 0 aromatic heterocycles. The predicted molar refractivity (Wildman–Crippen MR) is 156 cm³/mol. The molecule has 11 heteroatoms. The van der Waals surface area contributed by atoms with Crippen LogP contribution in [0.4, 0.5) is 0 Å². The Hall–Kier alpha value is -1.93. The van der Waals surface area contributed by atoms with Gasteiger partial charge in [0.2, 0.25) is 11.8 Å². The molecule has 1 aromatic rings. The van der Waals surface area contributed by atoms with E-state index in [0.29, 0.717) is 52.2 Å². The fourth-order valence-corrected chi connectivity index (χ4v) is 5.18. The lowest BCUT2D eigenvalue weighted by Gasteiger charge is -2.41. The minimum atomic E-state index is -1.14. The molecule has 0 bridgehead atoms. The molecule has 0 aliphatic heterocycles. The van der Waals surface area contributed by atoms with Crippen molar-refractivity contribution in [2.24, 2.45) is 5.92 Å². The maximum absolute atomic E-state index is 13.4. The maximum Gasteiger partial charge on any atom is 0.247 e. The highest BCUT2D eigenvalue weighted by Gasteiger charge is 2.40. The third-order valence-electron chi connectivity index (χ3n) is 6.24. The molecule has 0 saturated heterocycles. The molecular formula is C28H43IN2O8.